The molecule has 2 fully saturated rings. The Labute approximate surface area is 206 Å². The summed E-state index contributed by atoms with van der Waals surface area (Å²) in [4.78, 5) is 42.9. The number of carbonyl (C=O) groups is 3. The second-order valence-electron chi connectivity index (χ2n) is 9.56. The number of benzene rings is 1. The highest BCUT2D eigenvalue weighted by atomic mass is 19.1. The highest BCUT2D eigenvalue weighted by molar-refractivity contribution is 5.98. The van der Waals surface area contributed by atoms with E-state index in [-0.39, 0.29) is 30.6 Å². The summed E-state index contributed by atoms with van der Waals surface area (Å²) >= 11 is 0. The fourth-order valence-electron chi connectivity index (χ4n) is 4.90. The minimum absolute atomic E-state index is 0.105. The highest BCUT2D eigenvalue weighted by Gasteiger charge is 2.37. The van der Waals surface area contributed by atoms with Gasteiger partial charge in [0.2, 0.25) is 18.2 Å². The summed E-state index contributed by atoms with van der Waals surface area (Å²) in [6.45, 7) is 5.69. The van der Waals surface area contributed by atoms with Gasteiger partial charge in [0.1, 0.15) is 11.9 Å². The summed E-state index contributed by atoms with van der Waals surface area (Å²) in [6, 6.07) is 4.06. The molecule has 2 N–H and O–H groups in total. The summed E-state index contributed by atoms with van der Waals surface area (Å²) in [6.07, 6.45) is 4.59. The van der Waals surface area contributed by atoms with E-state index in [1.165, 1.54) is 11.0 Å². The summed E-state index contributed by atoms with van der Waals surface area (Å²) in [5.74, 6) is -1.57. The van der Waals surface area contributed by atoms with Gasteiger partial charge in [-0.25, -0.2) is 9.45 Å². The van der Waals surface area contributed by atoms with Gasteiger partial charge in [-0.05, 0) is 57.5 Å². The number of rotatable bonds is 10. The van der Waals surface area contributed by atoms with E-state index in [0.29, 0.717) is 42.2 Å². The first-order valence-corrected chi connectivity index (χ1v) is 12.6. The van der Waals surface area contributed by atoms with Gasteiger partial charge in [0.15, 0.2) is 0 Å². The molecule has 35 heavy (non-hydrogen) atoms. The third-order valence-electron chi connectivity index (χ3n) is 6.90. The quantitative estimate of drug-likeness (QED) is 0.297. The van der Waals surface area contributed by atoms with Crippen molar-refractivity contribution in [1.29, 1.82) is 0 Å². The van der Waals surface area contributed by atoms with E-state index in [9.17, 15) is 24.0 Å². The minimum atomic E-state index is -0.668. The lowest BCUT2D eigenvalue weighted by Crippen LogP contribution is -2.47. The van der Waals surface area contributed by atoms with Crippen LogP contribution in [0.15, 0.2) is 18.2 Å². The monoisotopic (exact) mass is 491 g/mol. The van der Waals surface area contributed by atoms with Gasteiger partial charge in [-0.15, -0.1) is 0 Å². The van der Waals surface area contributed by atoms with Gasteiger partial charge >= 0.3 is 0 Å². The molecule has 2 atom stereocenters. The Kier molecular flexibility index (Phi) is 9.85. The van der Waals surface area contributed by atoms with Crippen molar-refractivity contribution in [2.45, 2.75) is 51.5 Å². The van der Waals surface area contributed by atoms with E-state index in [4.69, 9.17) is 0 Å². The number of halogens is 1. The topological polar surface area (TPSA) is 96.4 Å². The number of nitrogens with one attached hydrogen (secondary N) is 1. The van der Waals surface area contributed by atoms with Crippen LogP contribution in [0.3, 0.4) is 0 Å². The number of amides is 3. The van der Waals surface area contributed by atoms with Crippen molar-refractivity contribution in [2.24, 2.45) is 5.92 Å². The fourth-order valence-corrected chi connectivity index (χ4v) is 4.90. The number of likely N-dealkylation sites (tertiary alicyclic amines) is 1. The van der Waals surface area contributed by atoms with Crippen LogP contribution in [0, 0.1) is 11.7 Å². The van der Waals surface area contributed by atoms with Crippen molar-refractivity contribution in [1.82, 2.24) is 14.9 Å². The Morgan fingerprint density at radius 1 is 1.23 bits per heavy atom. The molecule has 0 spiro atoms. The highest BCUT2D eigenvalue weighted by Crippen LogP contribution is 2.27. The Morgan fingerprint density at radius 2 is 2.03 bits per heavy atom. The van der Waals surface area contributed by atoms with Crippen molar-refractivity contribution in [2.75, 3.05) is 56.5 Å². The van der Waals surface area contributed by atoms with Gasteiger partial charge in [0.05, 0.1) is 18.2 Å². The summed E-state index contributed by atoms with van der Waals surface area (Å²) < 4.78 is 14.9. The Balaban J connectivity index is 1.66. The molecule has 0 aliphatic carbocycles. The molecule has 1 aromatic carbocycles. The molecule has 10 heteroatoms. The number of unbranched alkanes of at least 4 members (excludes halogenated alkanes) is 1. The zero-order valence-corrected chi connectivity index (χ0v) is 20.8. The molecule has 2 saturated heterocycles. The molecular weight excluding hydrogens is 453 g/mol. The van der Waals surface area contributed by atoms with Crippen LogP contribution in [0.25, 0.3) is 0 Å². The van der Waals surface area contributed by atoms with E-state index in [0.717, 1.165) is 45.4 Å². The molecule has 3 rings (SSSR count). The first kappa shape index (κ1) is 26.9. The average Bonchev–Trinajstić information content (AvgIpc) is 3.24. The zero-order chi connectivity index (χ0) is 25.4. The van der Waals surface area contributed by atoms with Gasteiger partial charge in [0, 0.05) is 31.9 Å². The van der Waals surface area contributed by atoms with Gasteiger partial charge < -0.3 is 20.0 Å². The lowest BCUT2D eigenvalue weighted by molar-refractivity contribution is -0.157. The Hall–Kier alpha value is -2.72. The molecule has 0 saturated carbocycles. The fraction of sp³-hybridized carbons (Fsp3) is 0.640. The lowest BCUT2D eigenvalue weighted by atomic mass is 9.99. The smallest absolute Gasteiger partial charge is 0.247 e. The SMILES string of the molecule is CCCC[C@H](CN(O)C=O)C(=O)N1CCC[C@H]1C(=O)Nc1ccc(N2CCCN(C)CC2)c(F)c1. The first-order valence-electron chi connectivity index (χ1n) is 12.6. The van der Waals surface area contributed by atoms with Crippen molar-refractivity contribution in [3.8, 4) is 0 Å². The number of likely N-dealkylation sites (N-methyl/N-ethyl adjacent to an activating group) is 1. The van der Waals surface area contributed by atoms with E-state index in [2.05, 4.69) is 17.3 Å². The van der Waals surface area contributed by atoms with E-state index >= 15 is 0 Å². The number of hydrogen-bond donors (Lipinski definition) is 2. The number of hydrogen-bond acceptors (Lipinski definition) is 6. The number of nitrogens with zero attached hydrogens (tertiary/aromatic N) is 4. The molecule has 2 aliphatic heterocycles. The van der Waals surface area contributed by atoms with E-state index in [1.54, 1.807) is 12.1 Å². The molecule has 2 aliphatic rings. The maximum Gasteiger partial charge on any atom is 0.247 e. The van der Waals surface area contributed by atoms with Crippen molar-refractivity contribution >= 4 is 29.6 Å². The normalized spacial score (nSPS) is 19.8. The van der Waals surface area contributed by atoms with Crippen LogP contribution in [-0.2, 0) is 14.4 Å². The van der Waals surface area contributed by atoms with Crippen molar-refractivity contribution < 1.29 is 24.0 Å². The number of carbonyl (C=O) groups excluding carboxylic acids is 3. The van der Waals surface area contributed by atoms with E-state index in [1.807, 2.05) is 11.8 Å². The molecule has 0 radical (unpaired) electrons. The molecule has 0 aromatic heterocycles. The number of hydroxylamine groups is 2. The molecular formula is C25H38FN5O4. The predicted molar refractivity (Wildman–Crippen MR) is 132 cm³/mol. The maximum atomic E-state index is 14.9. The van der Waals surface area contributed by atoms with Gasteiger partial charge in [-0.3, -0.25) is 19.6 Å². The largest absolute Gasteiger partial charge is 0.368 e. The molecule has 9 nitrogen and oxygen atoms in total. The van der Waals surface area contributed by atoms with Crippen molar-refractivity contribution in [3.05, 3.63) is 24.0 Å². The van der Waals surface area contributed by atoms with Crippen LogP contribution in [-0.4, -0.2) is 90.7 Å². The van der Waals surface area contributed by atoms with Crippen LogP contribution >= 0.6 is 0 Å². The van der Waals surface area contributed by atoms with Crippen LogP contribution in [0.4, 0.5) is 15.8 Å². The first-order chi connectivity index (χ1) is 16.8. The second-order valence-corrected chi connectivity index (χ2v) is 9.56. The Bertz CT molecular complexity index is 885. The Morgan fingerprint density at radius 3 is 2.74 bits per heavy atom. The predicted octanol–water partition coefficient (Wildman–Crippen LogP) is 2.55. The summed E-state index contributed by atoms with van der Waals surface area (Å²) in [7, 11) is 2.06. The second kappa shape index (κ2) is 12.8. The lowest BCUT2D eigenvalue weighted by Gasteiger charge is -2.29. The molecule has 0 bridgehead atoms. The van der Waals surface area contributed by atoms with E-state index < -0.39 is 12.0 Å². The summed E-state index contributed by atoms with van der Waals surface area (Å²) in [5, 5.41) is 12.9. The molecule has 0 unspecified atom stereocenters. The maximum absolute atomic E-state index is 14.9. The third kappa shape index (κ3) is 7.14. The van der Waals surface area contributed by atoms with Gasteiger partial charge in [0.25, 0.3) is 0 Å². The number of anilines is 2. The molecule has 194 valence electrons. The van der Waals surface area contributed by atoms with Gasteiger partial charge in [-0.2, -0.15) is 0 Å². The summed E-state index contributed by atoms with van der Waals surface area (Å²) in [5.41, 5.74) is 0.881. The average molecular weight is 492 g/mol. The third-order valence-corrected chi connectivity index (χ3v) is 6.90. The minimum Gasteiger partial charge on any atom is -0.368 e. The van der Waals surface area contributed by atoms with Crippen LogP contribution in [0.2, 0.25) is 0 Å². The van der Waals surface area contributed by atoms with Crippen LogP contribution in [0.5, 0.6) is 0 Å². The van der Waals surface area contributed by atoms with Crippen molar-refractivity contribution in [3.63, 3.8) is 0 Å². The zero-order valence-electron chi connectivity index (χ0n) is 20.8. The van der Waals surface area contributed by atoms with Crippen LogP contribution < -0.4 is 10.2 Å². The standard InChI is InChI=1S/C25H38FN5O4/c1-3-4-7-19(17-30(35)18-32)25(34)31-13-5-8-23(31)24(33)27-20-9-10-22(21(26)16-20)29-12-6-11-28(2)14-15-29/h9-10,16,18-19,23,35H,3-8,11-15,17H2,1-2H3,(H,27,33)/t19-,23+/m1/s1. The molecule has 3 amide bonds. The van der Waals surface area contributed by atoms with Gasteiger partial charge in [-0.1, -0.05) is 19.8 Å². The van der Waals surface area contributed by atoms with Crippen LogP contribution in [0.1, 0.15) is 45.4 Å². The molecule has 1 aromatic rings. The molecule has 2 heterocycles.